The molecular weight excluding hydrogens is 301 g/mol. The third kappa shape index (κ3) is 2.16. The number of imidazole rings is 1. The summed E-state index contributed by atoms with van der Waals surface area (Å²) in [5, 5.41) is 19.4. The van der Waals surface area contributed by atoms with Gasteiger partial charge >= 0.3 is 12.1 Å². The van der Waals surface area contributed by atoms with E-state index in [0.29, 0.717) is 11.1 Å². The van der Waals surface area contributed by atoms with Gasteiger partial charge in [0, 0.05) is 18.2 Å². The summed E-state index contributed by atoms with van der Waals surface area (Å²) in [6.45, 7) is 1.36. The fraction of sp³-hybridized carbons (Fsp3) is 0.286. The minimum Gasteiger partial charge on any atom is -0.478 e. The van der Waals surface area contributed by atoms with Gasteiger partial charge in [-0.2, -0.15) is 13.2 Å². The molecule has 0 spiro atoms. The molecule has 2 heterocycles. The fourth-order valence-corrected chi connectivity index (χ4v) is 2.61. The molecule has 116 valence electrons. The number of hydrogen-bond acceptors (Lipinski definition) is 3. The molecule has 3 rings (SSSR count). The van der Waals surface area contributed by atoms with E-state index in [9.17, 15) is 23.1 Å². The number of hydrogen-bond donors (Lipinski definition) is 2. The van der Waals surface area contributed by atoms with E-state index < -0.39 is 23.6 Å². The molecule has 0 saturated heterocycles. The lowest BCUT2D eigenvalue weighted by Crippen LogP contribution is -2.35. The van der Waals surface area contributed by atoms with Crippen molar-refractivity contribution in [2.24, 2.45) is 0 Å². The Morgan fingerprint density at radius 1 is 1.41 bits per heavy atom. The van der Waals surface area contributed by atoms with Crippen LogP contribution in [0, 0.1) is 0 Å². The van der Waals surface area contributed by atoms with Crippen molar-refractivity contribution >= 4 is 5.97 Å². The van der Waals surface area contributed by atoms with Crippen LogP contribution < -0.4 is 0 Å². The molecule has 1 unspecified atom stereocenters. The van der Waals surface area contributed by atoms with Gasteiger partial charge in [-0.05, 0) is 24.6 Å². The van der Waals surface area contributed by atoms with Crippen molar-refractivity contribution in [3.8, 4) is 11.4 Å². The van der Waals surface area contributed by atoms with Gasteiger partial charge in [-0.3, -0.25) is 0 Å². The summed E-state index contributed by atoms with van der Waals surface area (Å²) in [6.07, 6.45) is -3.87. The predicted octanol–water partition coefficient (Wildman–Crippen LogP) is 2.49. The van der Waals surface area contributed by atoms with Crippen molar-refractivity contribution in [1.82, 2.24) is 9.55 Å². The molecule has 1 aromatic carbocycles. The number of halogens is 3. The van der Waals surface area contributed by atoms with Gasteiger partial charge in [0.2, 0.25) is 0 Å². The summed E-state index contributed by atoms with van der Waals surface area (Å²) < 4.78 is 39.6. The minimum atomic E-state index is -4.62. The first-order valence-electron chi connectivity index (χ1n) is 6.35. The first-order chi connectivity index (χ1) is 10.1. The Morgan fingerprint density at radius 3 is 2.68 bits per heavy atom. The van der Waals surface area contributed by atoms with Crippen LogP contribution in [0.1, 0.15) is 28.5 Å². The Bertz CT molecular complexity index is 778. The van der Waals surface area contributed by atoms with Gasteiger partial charge in [-0.15, -0.1) is 0 Å². The molecule has 0 saturated carbocycles. The zero-order valence-corrected chi connectivity index (χ0v) is 11.3. The molecule has 1 atom stereocenters. The lowest BCUT2D eigenvalue weighted by Gasteiger charge is -2.32. The molecule has 1 aliphatic rings. The molecule has 1 aliphatic heterocycles. The number of aromatic nitrogens is 2. The van der Waals surface area contributed by atoms with Gasteiger partial charge in [0.15, 0.2) is 5.69 Å². The third-order valence-electron chi connectivity index (χ3n) is 3.63. The van der Waals surface area contributed by atoms with Crippen LogP contribution in [-0.4, -0.2) is 25.7 Å². The van der Waals surface area contributed by atoms with Crippen molar-refractivity contribution in [3.63, 3.8) is 0 Å². The average molecular weight is 312 g/mol. The molecule has 0 bridgehead atoms. The molecule has 0 amide bonds. The highest BCUT2D eigenvalue weighted by Crippen LogP contribution is 2.39. The Hall–Kier alpha value is -2.35. The summed E-state index contributed by atoms with van der Waals surface area (Å²) >= 11 is 0. The predicted molar refractivity (Wildman–Crippen MR) is 69.2 cm³/mol. The maximum Gasteiger partial charge on any atom is 0.434 e. The Balaban J connectivity index is 2.23. The average Bonchev–Trinajstić information content (AvgIpc) is 2.83. The largest absolute Gasteiger partial charge is 0.478 e. The molecule has 2 N–H and O–H groups in total. The molecule has 8 heteroatoms. The number of alkyl halides is 3. The molecule has 2 aromatic rings. The van der Waals surface area contributed by atoms with Gasteiger partial charge in [-0.25, -0.2) is 9.78 Å². The molecular formula is C14H11F3N2O3. The summed E-state index contributed by atoms with van der Waals surface area (Å²) in [6, 6.07) is 4.05. The van der Waals surface area contributed by atoms with Crippen molar-refractivity contribution in [2.75, 3.05) is 0 Å². The van der Waals surface area contributed by atoms with E-state index in [4.69, 9.17) is 5.11 Å². The summed E-state index contributed by atoms with van der Waals surface area (Å²) in [5.74, 6) is -1.18. The highest BCUT2D eigenvalue weighted by Gasteiger charge is 2.40. The van der Waals surface area contributed by atoms with Crippen LogP contribution in [0.3, 0.4) is 0 Å². The van der Waals surface area contributed by atoms with E-state index in [-0.39, 0.29) is 17.8 Å². The van der Waals surface area contributed by atoms with Crippen LogP contribution >= 0.6 is 0 Å². The van der Waals surface area contributed by atoms with Crippen LogP contribution in [0.25, 0.3) is 11.4 Å². The number of rotatable bonds is 1. The number of aliphatic hydroxyl groups is 1. The van der Waals surface area contributed by atoms with E-state index >= 15 is 0 Å². The Kier molecular flexibility index (Phi) is 2.87. The molecule has 0 aliphatic carbocycles. The van der Waals surface area contributed by atoms with Crippen molar-refractivity contribution in [3.05, 3.63) is 41.2 Å². The topological polar surface area (TPSA) is 75.3 Å². The van der Waals surface area contributed by atoms with Gasteiger partial charge in [0.25, 0.3) is 0 Å². The standard InChI is InChI=1S/C14H11F3N2O3/c1-13(22)5-8-4-7(12(20)21)2-3-9(8)11-18-10(6-19(11)13)14(15,16)17/h2-4,6,22H,5H2,1H3,(H,20,21). The second kappa shape index (κ2) is 4.33. The number of fused-ring (bicyclic) bond motifs is 3. The smallest absolute Gasteiger partial charge is 0.434 e. The number of nitrogens with zero attached hydrogens (tertiary/aromatic N) is 2. The number of benzene rings is 1. The van der Waals surface area contributed by atoms with E-state index in [1.807, 2.05) is 0 Å². The Morgan fingerprint density at radius 2 is 2.09 bits per heavy atom. The van der Waals surface area contributed by atoms with E-state index in [2.05, 4.69) is 4.98 Å². The van der Waals surface area contributed by atoms with Gasteiger partial charge in [0.05, 0.1) is 5.56 Å². The normalized spacial score (nSPS) is 20.4. The van der Waals surface area contributed by atoms with E-state index in [1.54, 1.807) is 0 Å². The van der Waals surface area contributed by atoms with Crippen LogP contribution in [-0.2, 0) is 18.3 Å². The van der Waals surface area contributed by atoms with Gasteiger partial charge < -0.3 is 14.8 Å². The molecule has 1 aromatic heterocycles. The first-order valence-corrected chi connectivity index (χ1v) is 6.35. The summed E-state index contributed by atoms with van der Waals surface area (Å²) in [4.78, 5) is 14.6. The van der Waals surface area contributed by atoms with E-state index in [1.165, 1.54) is 25.1 Å². The van der Waals surface area contributed by atoms with Crippen molar-refractivity contribution in [2.45, 2.75) is 25.2 Å². The summed E-state index contributed by atoms with van der Waals surface area (Å²) in [7, 11) is 0. The van der Waals surface area contributed by atoms with Crippen LogP contribution in [0.2, 0.25) is 0 Å². The van der Waals surface area contributed by atoms with Crippen LogP contribution in [0.5, 0.6) is 0 Å². The number of aromatic carboxylic acids is 1. The quantitative estimate of drug-likeness (QED) is 0.848. The zero-order chi connectivity index (χ0) is 16.3. The number of carboxylic acid groups (broad SMARTS) is 1. The van der Waals surface area contributed by atoms with Crippen LogP contribution in [0.4, 0.5) is 13.2 Å². The SMILES string of the molecule is CC1(O)Cc2cc(C(=O)O)ccc2-c2nc(C(F)(F)F)cn21. The number of carbonyl (C=O) groups is 1. The maximum atomic E-state index is 12.8. The van der Waals surface area contributed by atoms with Crippen molar-refractivity contribution in [1.29, 1.82) is 0 Å². The first kappa shape index (κ1) is 14.6. The fourth-order valence-electron chi connectivity index (χ4n) is 2.61. The molecule has 22 heavy (non-hydrogen) atoms. The lowest BCUT2D eigenvalue weighted by atomic mass is 9.92. The second-order valence-corrected chi connectivity index (χ2v) is 5.39. The van der Waals surface area contributed by atoms with E-state index in [0.717, 1.165) is 10.8 Å². The molecule has 0 radical (unpaired) electrons. The molecule has 0 fully saturated rings. The zero-order valence-electron chi connectivity index (χ0n) is 11.3. The van der Waals surface area contributed by atoms with Gasteiger partial charge in [-0.1, -0.05) is 6.07 Å². The third-order valence-corrected chi connectivity index (χ3v) is 3.63. The van der Waals surface area contributed by atoms with Crippen LogP contribution in [0.15, 0.2) is 24.4 Å². The Labute approximate surface area is 122 Å². The second-order valence-electron chi connectivity index (χ2n) is 5.39. The van der Waals surface area contributed by atoms with Crippen molar-refractivity contribution < 1.29 is 28.2 Å². The lowest BCUT2D eigenvalue weighted by molar-refractivity contribution is -0.141. The van der Waals surface area contributed by atoms with Gasteiger partial charge in [0.1, 0.15) is 11.5 Å². The number of carboxylic acids is 1. The highest BCUT2D eigenvalue weighted by molar-refractivity contribution is 5.89. The highest BCUT2D eigenvalue weighted by atomic mass is 19.4. The summed E-state index contributed by atoms with van der Waals surface area (Å²) in [5.41, 5.74) is -1.89. The minimum absolute atomic E-state index is 0.00519. The monoisotopic (exact) mass is 312 g/mol. The molecule has 5 nitrogen and oxygen atoms in total. The maximum absolute atomic E-state index is 12.8.